The summed E-state index contributed by atoms with van der Waals surface area (Å²) in [5.74, 6) is 1.93. The highest BCUT2D eigenvalue weighted by Gasteiger charge is 2.46. The lowest BCUT2D eigenvalue weighted by Crippen LogP contribution is -2.29. The second kappa shape index (κ2) is 11.6. The topological polar surface area (TPSA) is 18.5 Å². The fourth-order valence-electron chi connectivity index (χ4n) is 7.37. The molecule has 3 aliphatic rings. The molecule has 210 valence electrons. The molecule has 0 spiro atoms. The van der Waals surface area contributed by atoms with Gasteiger partial charge in [-0.15, -0.1) is 0 Å². The molecular weight excluding hydrogens is 636 g/mol. The number of halogens is 2. The normalized spacial score (nSPS) is 18.5. The molecule has 2 saturated carbocycles. The van der Waals surface area contributed by atoms with Gasteiger partial charge in [-0.1, -0.05) is 81.1 Å². The summed E-state index contributed by atoms with van der Waals surface area (Å²) in [6, 6.07) is 31.3. The van der Waals surface area contributed by atoms with Crippen LogP contribution in [0.5, 0.6) is 11.5 Å². The largest absolute Gasteiger partial charge is 0.490 e. The molecule has 3 aliphatic carbocycles. The van der Waals surface area contributed by atoms with E-state index in [1.165, 1.54) is 71.9 Å². The standard InChI is InChI=1S/C37H36Br2O2/c38-27-15-21-33-34-22-16-28(39)24-36(34)37(35(33)23-27,25-11-17-31(18-12-25)40-29-7-3-1-4-8-29)26-13-19-32(20-14-26)41-30-9-5-2-6-10-30/h11-24,29-30H,1-10H2. The number of ether oxygens (including phenoxy) is 2. The predicted octanol–water partition coefficient (Wildman–Crippen LogP) is 11.0. The van der Waals surface area contributed by atoms with E-state index >= 15 is 0 Å². The van der Waals surface area contributed by atoms with E-state index in [0.29, 0.717) is 12.2 Å². The first-order valence-electron chi connectivity index (χ1n) is 15.3. The maximum Gasteiger partial charge on any atom is 0.119 e. The highest BCUT2D eigenvalue weighted by Crippen LogP contribution is 2.57. The first-order chi connectivity index (χ1) is 20.1. The quantitative estimate of drug-likeness (QED) is 0.179. The molecule has 0 bridgehead atoms. The van der Waals surface area contributed by atoms with Gasteiger partial charge in [0.15, 0.2) is 0 Å². The van der Waals surface area contributed by atoms with Crippen LogP contribution in [0.1, 0.15) is 86.5 Å². The molecule has 0 heterocycles. The summed E-state index contributed by atoms with van der Waals surface area (Å²) in [4.78, 5) is 0. The third-order valence-corrected chi connectivity index (χ3v) is 10.3. The van der Waals surface area contributed by atoms with E-state index in [-0.39, 0.29) is 0 Å². The van der Waals surface area contributed by atoms with Gasteiger partial charge in [-0.3, -0.25) is 0 Å². The average Bonchev–Trinajstić information content (AvgIpc) is 3.28. The van der Waals surface area contributed by atoms with E-state index in [4.69, 9.17) is 9.47 Å². The van der Waals surface area contributed by atoms with Gasteiger partial charge in [0.2, 0.25) is 0 Å². The first kappa shape index (κ1) is 27.3. The lowest BCUT2D eigenvalue weighted by molar-refractivity contribution is 0.155. The maximum atomic E-state index is 6.45. The van der Waals surface area contributed by atoms with Crippen LogP contribution in [0.25, 0.3) is 11.1 Å². The molecule has 4 aromatic carbocycles. The zero-order valence-electron chi connectivity index (χ0n) is 23.4. The Morgan fingerprint density at radius 1 is 0.488 bits per heavy atom. The van der Waals surface area contributed by atoms with Crippen LogP contribution >= 0.6 is 31.9 Å². The second-order valence-corrected chi connectivity index (χ2v) is 13.8. The van der Waals surface area contributed by atoms with Crippen molar-refractivity contribution >= 4 is 31.9 Å². The maximum absolute atomic E-state index is 6.45. The van der Waals surface area contributed by atoms with Gasteiger partial charge in [-0.25, -0.2) is 0 Å². The van der Waals surface area contributed by atoms with Crippen molar-refractivity contribution in [2.45, 2.75) is 81.8 Å². The van der Waals surface area contributed by atoms with Crippen LogP contribution in [-0.2, 0) is 5.41 Å². The number of hydrogen-bond donors (Lipinski definition) is 0. The summed E-state index contributed by atoms with van der Waals surface area (Å²) < 4.78 is 15.1. The number of hydrogen-bond acceptors (Lipinski definition) is 2. The summed E-state index contributed by atoms with van der Waals surface area (Å²) >= 11 is 7.61. The van der Waals surface area contributed by atoms with Gasteiger partial charge < -0.3 is 9.47 Å². The zero-order valence-corrected chi connectivity index (χ0v) is 26.6. The Morgan fingerprint density at radius 2 is 0.878 bits per heavy atom. The van der Waals surface area contributed by atoms with Crippen LogP contribution in [0.4, 0.5) is 0 Å². The molecule has 0 atom stereocenters. The molecule has 0 unspecified atom stereocenters. The SMILES string of the molecule is Brc1ccc2c(c1)C(c1ccc(OC3CCCCC3)cc1)(c1ccc(OC3CCCCC3)cc1)c1cc(Br)ccc1-2. The highest BCUT2D eigenvalue weighted by molar-refractivity contribution is 9.10. The summed E-state index contributed by atoms with van der Waals surface area (Å²) in [5.41, 5.74) is 7.16. The van der Waals surface area contributed by atoms with E-state index in [1.54, 1.807) is 0 Å². The summed E-state index contributed by atoms with van der Waals surface area (Å²) in [6.07, 6.45) is 13.0. The smallest absolute Gasteiger partial charge is 0.119 e. The molecule has 41 heavy (non-hydrogen) atoms. The fraction of sp³-hybridized carbons (Fsp3) is 0.351. The molecule has 2 fully saturated rings. The molecule has 0 aromatic heterocycles. The molecule has 2 nitrogen and oxygen atoms in total. The lowest BCUT2D eigenvalue weighted by atomic mass is 9.67. The van der Waals surface area contributed by atoms with Crippen LogP contribution in [0.2, 0.25) is 0 Å². The van der Waals surface area contributed by atoms with Crippen LogP contribution < -0.4 is 9.47 Å². The van der Waals surface area contributed by atoms with Crippen LogP contribution in [0.15, 0.2) is 93.9 Å². The lowest BCUT2D eigenvalue weighted by Gasteiger charge is -2.34. The van der Waals surface area contributed by atoms with Gasteiger partial charge in [-0.2, -0.15) is 0 Å². The van der Waals surface area contributed by atoms with Gasteiger partial charge in [0.1, 0.15) is 11.5 Å². The predicted molar refractivity (Wildman–Crippen MR) is 174 cm³/mol. The molecule has 4 aromatic rings. The van der Waals surface area contributed by atoms with E-state index in [2.05, 4.69) is 117 Å². The third-order valence-electron chi connectivity index (χ3n) is 9.35. The molecule has 0 radical (unpaired) electrons. The van der Waals surface area contributed by atoms with Gasteiger partial charge in [0.25, 0.3) is 0 Å². The summed E-state index contributed by atoms with van der Waals surface area (Å²) in [6.45, 7) is 0. The van der Waals surface area contributed by atoms with Crippen molar-refractivity contribution in [1.29, 1.82) is 0 Å². The van der Waals surface area contributed by atoms with E-state index in [0.717, 1.165) is 46.1 Å². The summed E-state index contributed by atoms with van der Waals surface area (Å²) in [7, 11) is 0. The van der Waals surface area contributed by atoms with Crippen molar-refractivity contribution in [3.05, 3.63) is 116 Å². The van der Waals surface area contributed by atoms with Gasteiger partial charge in [0.05, 0.1) is 17.6 Å². The monoisotopic (exact) mass is 670 g/mol. The van der Waals surface area contributed by atoms with Crippen molar-refractivity contribution in [3.63, 3.8) is 0 Å². The molecule has 0 saturated heterocycles. The molecule has 0 N–H and O–H groups in total. The van der Waals surface area contributed by atoms with Crippen molar-refractivity contribution in [3.8, 4) is 22.6 Å². The minimum atomic E-state index is -0.467. The zero-order chi connectivity index (χ0) is 27.8. The Kier molecular flexibility index (Phi) is 7.73. The van der Waals surface area contributed by atoms with E-state index in [1.807, 2.05) is 0 Å². The average molecular weight is 673 g/mol. The van der Waals surface area contributed by atoms with Gasteiger partial charge in [-0.05, 0) is 133 Å². The van der Waals surface area contributed by atoms with E-state index < -0.39 is 5.41 Å². The van der Waals surface area contributed by atoms with E-state index in [9.17, 15) is 0 Å². The van der Waals surface area contributed by atoms with Crippen molar-refractivity contribution in [1.82, 2.24) is 0 Å². The molecule has 7 rings (SSSR count). The second-order valence-electron chi connectivity index (χ2n) is 11.9. The Morgan fingerprint density at radius 3 is 1.27 bits per heavy atom. The van der Waals surface area contributed by atoms with Crippen molar-refractivity contribution in [2.24, 2.45) is 0 Å². The Balaban J connectivity index is 1.35. The third kappa shape index (κ3) is 5.16. The molecule has 4 heteroatoms. The van der Waals surface area contributed by atoms with Crippen LogP contribution in [-0.4, -0.2) is 12.2 Å². The molecule has 0 aliphatic heterocycles. The van der Waals surface area contributed by atoms with Crippen molar-refractivity contribution < 1.29 is 9.47 Å². The Bertz CT molecular complexity index is 1400. The fourth-order valence-corrected chi connectivity index (χ4v) is 8.10. The van der Waals surface area contributed by atoms with Gasteiger partial charge >= 0.3 is 0 Å². The Hall–Kier alpha value is -2.56. The van der Waals surface area contributed by atoms with Crippen molar-refractivity contribution in [2.75, 3.05) is 0 Å². The minimum absolute atomic E-state index is 0.333. The summed E-state index contributed by atoms with van der Waals surface area (Å²) in [5, 5.41) is 0. The number of fused-ring (bicyclic) bond motifs is 3. The van der Waals surface area contributed by atoms with Crippen LogP contribution in [0, 0.1) is 0 Å². The first-order valence-corrected chi connectivity index (χ1v) is 16.8. The highest BCUT2D eigenvalue weighted by atomic mass is 79.9. The molecular formula is C37H36Br2O2. The number of rotatable bonds is 6. The Labute approximate surface area is 260 Å². The number of benzene rings is 4. The minimum Gasteiger partial charge on any atom is -0.490 e. The van der Waals surface area contributed by atoms with Gasteiger partial charge in [0, 0.05) is 8.95 Å². The van der Waals surface area contributed by atoms with Crippen LogP contribution in [0.3, 0.4) is 0 Å². The molecule has 0 amide bonds.